The third-order valence-electron chi connectivity index (χ3n) is 4.44. The Labute approximate surface area is 160 Å². The highest BCUT2D eigenvalue weighted by Crippen LogP contribution is 2.18. The number of aryl methyl sites for hydroxylation is 1. The fourth-order valence-electron chi connectivity index (χ4n) is 2.93. The summed E-state index contributed by atoms with van der Waals surface area (Å²) < 4.78 is 2.13. The van der Waals surface area contributed by atoms with Gasteiger partial charge in [0.05, 0.1) is 6.54 Å². The van der Waals surface area contributed by atoms with Gasteiger partial charge in [0.15, 0.2) is 5.82 Å². The molecule has 0 radical (unpaired) electrons. The highest BCUT2D eigenvalue weighted by Gasteiger charge is 2.30. The molecule has 6 nitrogen and oxygen atoms in total. The molecule has 1 aliphatic rings. The van der Waals surface area contributed by atoms with E-state index in [1.807, 2.05) is 30.3 Å². The van der Waals surface area contributed by atoms with Crippen molar-refractivity contribution >= 4 is 30.7 Å². The summed E-state index contributed by atoms with van der Waals surface area (Å²) in [6.07, 6.45) is 4.45. The SMILES string of the molecule is CC(N)(C(=O)NCc1nnc2n1CCCCC2)c1ccccc1.Cl.Cl. The first-order valence-electron chi connectivity index (χ1n) is 8.12. The van der Waals surface area contributed by atoms with Crippen molar-refractivity contribution in [3.63, 3.8) is 0 Å². The van der Waals surface area contributed by atoms with Crippen LogP contribution in [0.2, 0.25) is 0 Å². The molecule has 0 spiro atoms. The van der Waals surface area contributed by atoms with Gasteiger partial charge in [0, 0.05) is 13.0 Å². The molecule has 3 N–H and O–H groups in total. The Morgan fingerprint density at radius 2 is 1.92 bits per heavy atom. The second kappa shape index (κ2) is 9.17. The van der Waals surface area contributed by atoms with Gasteiger partial charge in [-0.1, -0.05) is 36.8 Å². The van der Waals surface area contributed by atoms with Crippen molar-refractivity contribution in [2.24, 2.45) is 5.73 Å². The van der Waals surface area contributed by atoms with E-state index in [0.29, 0.717) is 6.54 Å². The fourth-order valence-corrected chi connectivity index (χ4v) is 2.93. The number of aromatic nitrogens is 3. The number of hydrogen-bond acceptors (Lipinski definition) is 4. The van der Waals surface area contributed by atoms with Gasteiger partial charge in [0.2, 0.25) is 5.91 Å². The van der Waals surface area contributed by atoms with E-state index in [4.69, 9.17) is 5.73 Å². The molecule has 1 atom stereocenters. The lowest BCUT2D eigenvalue weighted by molar-refractivity contribution is -0.126. The first-order chi connectivity index (χ1) is 11.1. The molecule has 2 heterocycles. The number of carbonyl (C=O) groups excluding carboxylic acids is 1. The lowest BCUT2D eigenvalue weighted by atomic mass is 9.92. The maximum atomic E-state index is 12.5. The molecule has 1 amide bonds. The van der Waals surface area contributed by atoms with E-state index >= 15 is 0 Å². The zero-order valence-corrected chi connectivity index (χ0v) is 15.9. The van der Waals surface area contributed by atoms with Crippen molar-refractivity contribution in [1.82, 2.24) is 20.1 Å². The third kappa shape index (κ3) is 4.71. The van der Waals surface area contributed by atoms with E-state index < -0.39 is 5.54 Å². The van der Waals surface area contributed by atoms with Crippen LogP contribution in [0.3, 0.4) is 0 Å². The first-order valence-corrected chi connectivity index (χ1v) is 8.12. The van der Waals surface area contributed by atoms with Gasteiger partial charge in [0.1, 0.15) is 11.4 Å². The van der Waals surface area contributed by atoms with Crippen LogP contribution in [0.15, 0.2) is 30.3 Å². The van der Waals surface area contributed by atoms with Crippen LogP contribution >= 0.6 is 24.8 Å². The summed E-state index contributed by atoms with van der Waals surface area (Å²) in [6, 6.07) is 9.40. The summed E-state index contributed by atoms with van der Waals surface area (Å²) in [4.78, 5) is 12.5. The zero-order valence-electron chi connectivity index (χ0n) is 14.3. The van der Waals surface area contributed by atoms with Crippen LogP contribution in [0.5, 0.6) is 0 Å². The van der Waals surface area contributed by atoms with Gasteiger partial charge in [-0.25, -0.2) is 0 Å². The second-order valence-electron chi connectivity index (χ2n) is 6.25. The van der Waals surface area contributed by atoms with Crippen molar-refractivity contribution in [3.05, 3.63) is 47.5 Å². The normalized spacial score (nSPS) is 15.6. The van der Waals surface area contributed by atoms with Crippen LogP contribution in [0.4, 0.5) is 0 Å². The van der Waals surface area contributed by atoms with Crippen molar-refractivity contribution in [1.29, 1.82) is 0 Å². The maximum Gasteiger partial charge on any atom is 0.244 e. The Bertz CT molecular complexity index is 688. The smallest absolute Gasteiger partial charge is 0.244 e. The predicted molar refractivity (Wildman–Crippen MR) is 102 cm³/mol. The molecule has 1 aromatic carbocycles. The number of hydrogen-bond donors (Lipinski definition) is 2. The molecular formula is C17H25Cl2N5O. The van der Waals surface area contributed by atoms with Crippen LogP contribution < -0.4 is 11.1 Å². The number of nitrogens with one attached hydrogen (secondary N) is 1. The summed E-state index contributed by atoms with van der Waals surface area (Å²) in [5.41, 5.74) is 5.95. The number of fused-ring (bicyclic) bond motifs is 1. The lowest BCUT2D eigenvalue weighted by Gasteiger charge is -2.24. The summed E-state index contributed by atoms with van der Waals surface area (Å²) in [5, 5.41) is 11.4. The predicted octanol–water partition coefficient (Wildman–Crippen LogP) is 2.34. The van der Waals surface area contributed by atoms with E-state index in [1.165, 1.54) is 6.42 Å². The minimum absolute atomic E-state index is 0. The largest absolute Gasteiger partial charge is 0.347 e. The summed E-state index contributed by atoms with van der Waals surface area (Å²) in [7, 11) is 0. The fraction of sp³-hybridized carbons (Fsp3) is 0.471. The molecule has 0 fully saturated rings. The van der Waals surface area contributed by atoms with Crippen molar-refractivity contribution in [2.75, 3.05) is 0 Å². The molecule has 138 valence electrons. The number of nitrogens with two attached hydrogens (primary N) is 1. The molecule has 0 saturated heterocycles. The Morgan fingerprint density at radius 1 is 1.20 bits per heavy atom. The van der Waals surface area contributed by atoms with Crippen LogP contribution in [-0.2, 0) is 29.8 Å². The van der Waals surface area contributed by atoms with Crippen molar-refractivity contribution < 1.29 is 4.79 Å². The molecule has 0 aliphatic carbocycles. The van der Waals surface area contributed by atoms with E-state index in [1.54, 1.807) is 6.92 Å². The second-order valence-corrected chi connectivity index (χ2v) is 6.25. The monoisotopic (exact) mass is 385 g/mol. The molecule has 0 bridgehead atoms. The molecule has 1 aliphatic heterocycles. The van der Waals surface area contributed by atoms with Gasteiger partial charge in [-0.3, -0.25) is 4.79 Å². The first kappa shape index (κ1) is 21.4. The summed E-state index contributed by atoms with van der Waals surface area (Å²) in [6.45, 7) is 3.00. The van der Waals surface area contributed by atoms with Gasteiger partial charge in [0.25, 0.3) is 0 Å². The van der Waals surface area contributed by atoms with Crippen LogP contribution in [0, 0.1) is 0 Å². The molecule has 1 unspecified atom stereocenters. The lowest BCUT2D eigenvalue weighted by Crippen LogP contribution is -2.48. The summed E-state index contributed by atoms with van der Waals surface area (Å²) in [5.74, 6) is 1.61. The van der Waals surface area contributed by atoms with Crippen molar-refractivity contribution in [2.45, 2.75) is 51.2 Å². The average Bonchev–Trinajstić information content (AvgIpc) is 2.79. The molecule has 2 aromatic rings. The highest BCUT2D eigenvalue weighted by molar-refractivity contribution is 5.87. The number of amides is 1. The van der Waals surface area contributed by atoms with Gasteiger partial charge < -0.3 is 15.6 Å². The molecule has 0 saturated carbocycles. The highest BCUT2D eigenvalue weighted by atomic mass is 35.5. The number of halogens is 2. The van der Waals surface area contributed by atoms with Gasteiger partial charge in [-0.2, -0.15) is 0 Å². The van der Waals surface area contributed by atoms with Crippen LogP contribution in [-0.4, -0.2) is 20.7 Å². The molecule has 1 aromatic heterocycles. The van der Waals surface area contributed by atoms with Crippen molar-refractivity contribution in [3.8, 4) is 0 Å². The quantitative estimate of drug-likeness (QED) is 0.845. The Hall–Kier alpha value is -1.63. The number of rotatable bonds is 4. The Kier molecular flexibility index (Phi) is 7.86. The molecule has 25 heavy (non-hydrogen) atoms. The maximum absolute atomic E-state index is 12.5. The number of benzene rings is 1. The van der Waals surface area contributed by atoms with Gasteiger partial charge >= 0.3 is 0 Å². The Morgan fingerprint density at radius 3 is 2.64 bits per heavy atom. The average molecular weight is 386 g/mol. The zero-order chi connectivity index (χ0) is 16.3. The van der Waals surface area contributed by atoms with Gasteiger partial charge in [-0.15, -0.1) is 35.0 Å². The van der Waals surface area contributed by atoms with Crippen LogP contribution in [0.1, 0.15) is 43.4 Å². The molecule has 3 rings (SSSR count). The Balaban J connectivity index is 0.00000156. The minimum Gasteiger partial charge on any atom is -0.347 e. The van der Waals surface area contributed by atoms with Gasteiger partial charge in [-0.05, 0) is 25.3 Å². The van der Waals surface area contributed by atoms with E-state index in [-0.39, 0.29) is 30.7 Å². The minimum atomic E-state index is -1.07. The standard InChI is InChI=1S/C17H23N5O.2ClH/c1-17(18,13-8-4-2-5-9-13)16(23)19-12-15-21-20-14-10-6-3-7-11-22(14)15;;/h2,4-5,8-9H,3,6-7,10-12,18H2,1H3,(H,19,23);2*1H. The number of nitrogens with zero attached hydrogens (tertiary/aromatic N) is 3. The van der Waals surface area contributed by atoms with E-state index in [2.05, 4.69) is 20.1 Å². The topological polar surface area (TPSA) is 85.8 Å². The number of carbonyl (C=O) groups is 1. The third-order valence-corrected chi connectivity index (χ3v) is 4.44. The van der Waals surface area contributed by atoms with E-state index in [9.17, 15) is 4.79 Å². The molecular weight excluding hydrogens is 361 g/mol. The van der Waals surface area contributed by atoms with E-state index in [0.717, 1.165) is 43.0 Å². The summed E-state index contributed by atoms with van der Waals surface area (Å²) >= 11 is 0. The molecule has 8 heteroatoms. The van der Waals surface area contributed by atoms with Crippen LogP contribution in [0.25, 0.3) is 0 Å².